The minimum atomic E-state index is -3.69. The number of halogens is 1. The fourth-order valence-corrected chi connectivity index (χ4v) is 2.58. The van der Waals surface area contributed by atoms with Crippen LogP contribution >= 0.6 is 10.7 Å². The fourth-order valence-electron chi connectivity index (χ4n) is 1.52. The molecule has 100 valence electrons. The molecular formula is C9H17ClN2O4S. The van der Waals surface area contributed by atoms with Crippen LogP contribution in [0.5, 0.6) is 0 Å². The van der Waals surface area contributed by atoms with Gasteiger partial charge in [0.15, 0.2) is 0 Å². The molecule has 1 fully saturated rings. The Kier molecular flexibility index (Phi) is 4.27. The number of nitrogens with one attached hydrogen (secondary N) is 1. The molecule has 17 heavy (non-hydrogen) atoms. The van der Waals surface area contributed by atoms with E-state index in [1.54, 1.807) is 20.8 Å². The molecule has 1 aliphatic heterocycles. The zero-order valence-electron chi connectivity index (χ0n) is 10.1. The number of amides is 1. The molecule has 0 aromatic carbocycles. The summed E-state index contributed by atoms with van der Waals surface area (Å²) in [5.74, 6) is 0. The second-order valence-electron chi connectivity index (χ2n) is 4.93. The summed E-state index contributed by atoms with van der Waals surface area (Å²) in [7, 11) is 1.51. The van der Waals surface area contributed by atoms with Crippen molar-refractivity contribution in [2.45, 2.75) is 38.8 Å². The highest BCUT2D eigenvalue weighted by molar-refractivity contribution is 8.11. The maximum atomic E-state index is 11.4. The van der Waals surface area contributed by atoms with Crippen LogP contribution in [0.4, 0.5) is 4.79 Å². The number of hydrogen-bond acceptors (Lipinski definition) is 4. The smallest absolute Gasteiger partial charge is 0.407 e. The number of nitrogens with zero attached hydrogens (tertiary/aromatic N) is 1. The zero-order valence-corrected chi connectivity index (χ0v) is 11.6. The number of hydrogen-bond donors (Lipinski definition) is 1. The normalized spacial score (nSPS) is 22.5. The lowest BCUT2D eigenvalue weighted by molar-refractivity contribution is 0.0507. The predicted octanol–water partition coefficient (Wildman–Crippen LogP) is 1.07. The summed E-state index contributed by atoms with van der Waals surface area (Å²) < 4.78 is 28.3. The molecule has 0 aromatic heterocycles. The van der Waals surface area contributed by atoms with Crippen molar-refractivity contribution in [2.24, 2.45) is 0 Å². The molecule has 0 bridgehead atoms. The largest absolute Gasteiger partial charge is 0.444 e. The zero-order chi connectivity index (χ0) is 13.3. The van der Waals surface area contributed by atoms with E-state index in [9.17, 15) is 13.2 Å². The second-order valence-corrected chi connectivity index (χ2v) is 7.44. The van der Waals surface area contributed by atoms with Crippen LogP contribution in [0.2, 0.25) is 0 Å². The quantitative estimate of drug-likeness (QED) is 0.770. The predicted molar refractivity (Wildman–Crippen MR) is 64.1 cm³/mol. The van der Waals surface area contributed by atoms with Crippen molar-refractivity contribution in [3.63, 3.8) is 0 Å². The Hall–Kier alpha value is -0.530. The average Bonchev–Trinajstić information content (AvgIpc) is 2.47. The van der Waals surface area contributed by atoms with E-state index in [2.05, 4.69) is 5.32 Å². The number of carbonyl (C=O) groups is 1. The number of ether oxygens (including phenoxy) is 1. The molecule has 1 N–H and O–H groups in total. The Morgan fingerprint density at radius 1 is 1.47 bits per heavy atom. The van der Waals surface area contributed by atoms with Crippen molar-refractivity contribution < 1.29 is 17.9 Å². The molecule has 6 nitrogen and oxygen atoms in total. The van der Waals surface area contributed by atoms with E-state index in [0.29, 0.717) is 13.0 Å². The van der Waals surface area contributed by atoms with Crippen LogP contribution in [-0.2, 0) is 14.0 Å². The van der Waals surface area contributed by atoms with Gasteiger partial charge in [-0.2, -0.15) is 12.7 Å². The topological polar surface area (TPSA) is 75.7 Å². The first-order valence-corrected chi connectivity index (χ1v) is 7.54. The van der Waals surface area contributed by atoms with E-state index in [1.165, 1.54) is 0 Å². The van der Waals surface area contributed by atoms with E-state index < -0.39 is 20.9 Å². The standard InChI is InChI=1S/C9H17ClN2O4S/c1-9(2,3)16-8(13)11-7-4-5-12(6-7)17(10,14)15/h7H,4-6H2,1-3H3,(H,11,13)/t7-/m1/s1. The lowest BCUT2D eigenvalue weighted by Gasteiger charge is -2.21. The Bertz CT molecular complexity index is 390. The first-order valence-electron chi connectivity index (χ1n) is 5.27. The lowest BCUT2D eigenvalue weighted by Crippen LogP contribution is -2.40. The molecule has 0 radical (unpaired) electrons. The monoisotopic (exact) mass is 284 g/mol. The van der Waals surface area contributed by atoms with Crippen molar-refractivity contribution in [1.29, 1.82) is 0 Å². The number of rotatable bonds is 2. The molecule has 1 aliphatic rings. The average molecular weight is 285 g/mol. The third-order valence-electron chi connectivity index (χ3n) is 2.18. The van der Waals surface area contributed by atoms with Gasteiger partial charge in [-0.15, -0.1) is 0 Å². The molecule has 0 aliphatic carbocycles. The van der Waals surface area contributed by atoms with Gasteiger partial charge in [-0.05, 0) is 27.2 Å². The van der Waals surface area contributed by atoms with Gasteiger partial charge >= 0.3 is 6.09 Å². The Balaban J connectivity index is 2.44. The first kappa shape index (κ1) is 14.5. The summed E-state index contributed by atoms with van der Waals surface area (Å²) in [4.78, 5) is 11.4. The molecule has 0 spiro atoms. The number of alkyl carbamates (subject to hydrolysis) is 1. The van der Waals surface area contributed by atoms with Gasteiger partial charge in [0.2, 0.25) is 0 Å². The Labute approximate surface area is 106 Å². The summed E-state index contributed by atoms with van der Waals surface area (Å²) in [5.41, 5.74) is -0.569. The van der Waals surface area contributed by atoms with Crippen LogP contribution in [0.15, 0.2) is 0 Å². The van der Waals surface area contributed by atoms with Crippen molar-refractivity contribution in [2.75, 3.05) is 13.1 Å². The maximum absolute atomic E-state index is 11.4. The SMILES string of the molecule is CC(C)(C)OC(=O)N[C@@H]1CCN(S(=O)(=O)Cl)C1. The summed E-state index contributed by atoms with van der Waals surface area (Å²) >= 11 is 0. The van der Waals surface area contributed by atoms with Gasteiger partial charge in [0.1, 0.15) is 5.60 Å². The van der Waals surface area contributed by atoms with Crippen LogP contribution in [-0.4, -0.2) is 43.5 Å². The van der Waals surface area contributed by atoms with E-state index >= 15 is 0 Å². The molecule has 1 amide bonds. The lowest BCUT2D eigenvalue weighted by atomic mass is 10.2. The van der Waals surface area contributed by atoms with Gasteiger partial charge in [-0.25, -0.2) is 4.79 Å². The Morgan fingerprint density at radius 2 is 2.06 bits per heavy atom. The maximum Gasteiger partial charge on any atom is 0.407 e. The molecule has 0 aromatic rings. The van der Waals surface area contributed by atoms with Crippen LogP contribution in [0, 0.1) is 0 Å². The van der Waals surface area contributed by atoms with Gasteiger partial charge < -0.3 is 10.1 Å². The molecule has 1 atom stereocenters. The summed E-state index contributed by atoms with van der Waals surface area (Å²) in [6.07, 6.45) is -0.0121. The third-order valence-corrected chi connectivity index (χ3v) is 3.71. The van der Waals surface area contributed by atoms with Crippen LogP contribution in [0.1, 0.15) is 27.2 Å². The van der Waals surface area contributed by atoms with Gasteiger partial charge in [0, 0.05) is 29.8 Å². The van der Waals surface area contributed by atoms with E-state index in [-0.39, 0.29) is 12.6 Å². The third kappa shape index (κ3) is 5.10. The van der Waals surface area contributed by atoms with Crippen molar-refractivity contribution >= 4 is 26.0 Å². The van der Waals surface area contributed by atoms with Crippen molar-refractivity contribution in [3.8, 4) is 0 Å². The van der Waals surface area contributed by atoms with Gasteiger partial charge in [0.25, 0.3) is 9.24 Å². The minimum Gasteiger partial charge on any atom is -0.444 e. The highest BCUT2D eigenvalue weighted by Gasteiger charge is 2.31. The Morgan fingerprint density at radius 3 is 2.47 bits per heavy atom. The fraction of sp³-hybridized carbons (Fsp3) is 0.889. The first-order chi connectivity index (χ1) is 7.58. The minimum absolute atomic E-state index is 0.186. The highest BCUT2D eigenvalue weighted by Crippen LogP contribution is 2.17. The van der Waals surface area contributed by atoms with Crippen LogP contribution in [0.3, 0.4) is 0 Å². The molecule has 1 saturated heterocycles. The molecule has 1 rings (SSSR count). The van der Waals surface area contributed by atoms with Gasteiger partial charge in [-0.1, -0.05) is 0 Å². The van der Waals surface area contributed by atoms with Gasteiger partial charge in [-0.3, -0.25) is 0 Å². The van der Waals surface area contributed by atoms with Crippen molar-refractivity contribution in [1.82, 2.24) is 9.62 Å². The van der Waals surface area contributed by atoms with E-state index in [4.69, 9.17) is 15.4 Å². The van der Waals surface area contributed by atoms with Crippen LogP contribution in [0.25, 0.3) is 0 Å². The molecular weight excluding hydrogens is 268 g/mol. The molecule has 1 heterocycles. The van der Waals surface area contributed by atoms with Gasteiger partial charge in [0.05, 0.1) is 0 Å². The van der Waals surface area contributed by atoms with Crippen molar-refractivity contribution in [3.05, 3.63) is 0 Å². The summed E-state index contributed by atoms with van der Waals surface area (Å²) in [6, 6.07) is -0.252. The van der Waals surface area contributed by atoms with E-state index in [1.807, 2.05) is 0 Å². The molecule has 0 saturated carbocycles. The molecule has 8 heteroatoms. The summed E-state index contributed by atoms with van der Waals surface area (Å²) in [5, 5.41) is 2.61. The van der Waals surface area contributed by atoms with Crippen LogP contribution < -0.4 is 5.32 Å². The second kappa shape index (κ2) is 4.99. The summed E-state index contributed by atoms with van der Waals surface area (Å²) in [6.45, 7) is 5.78. The van der Waals surface area contributed by atoms with E-state index in [0.717, 1.165) is 4.31 Å². The highest BCUT2D eigenvalue weighted by atomic mass is 35.7. The molecule has 0 unspecified atom stereocenters. The number of carbonyl (C=O) groups excluding carboxylic acids is 1.